The average Bonchev–Trinajstić information content (AvgIpc) is 2.52. The van der Waals surface area contributed by atoms with Gasteiger partial charge < -0.3 is 11.1 Å². The molecule has 0 unspecified atom stereocenters. The summed E-state index contributed by atoms with van der Waals surface area (Å²) in [4.78, 5) is 31.5. The number of carbonyl (C=O) groups excluding carboxylic acids is 3. The minimum Gasteiger partial charge on any atom is -0.345 e. The van der Waals surface area contributed by atoms with E-state index in [1.165, 1.54) is 0 Å². The van der Waals surface area contributed by atoms with Crippen molar-refractivity contribution in [1.82, 2.24) is 5.32 Å². The summed E-state index contributed by atoms with van der Waals surface area (Å²) in [5, 5.41) is 2.51. The molecule has 1 amide bonds. The van der Waals surface area contributed by atoms with Gasteiger partial charge in [-0.15, -0.1) is 12.8 Å². The van der Waals surface area contributed by atoms with E-state index in [1.54, 1.807) is 20.8 Å². The molecule has 0 saturated carbocycles. The molecule has 0 fully saturated rings. The van der Waals surface area contributed by atoms with Crippen molar-refractivity contribution < 1.29 is 14.4 Å². The van der Waals surface area contributed by atoms with E-state index in [1.807, 2.05) is 0 Å². The lowest BCUT2D eigenvalue weighted by Gasteiger charge is -1.93. The molecule has 118 valence electrons. The number of hydrogen-bond acceptors (Lipinski definition) is 4. The monoisotopic (exact) mass is 294 g/mol. The van der Waals surface area contributed by atoms with Gasteiger partial charge in [0.05, 0.1) is 19.5 Å². The van der Waals surface area contributed by atoms with E-state index in [9.17, 15) is 14.4 Å². The first kappa shape index (κ1) is 23.9. The van der Waals surface area contributed by atoms with E-state index in [0.717, 1.165) is 0 Å². The van der Waals surface area contributed by atoms with Crippen molar-refractivity contribution >= 4 is 17.5 Å². The number of nitrogens with two attached hydrogens (primary N) is 1. The Kier molecular flexibility index (Phi) is 23.0. The van der Waals surface area contributed by atoms with Gasteiger partial charge in [0.2, 0.25) is 5.91 Å². The second kappa shape index (κ2) is 20.2. The Morgan fingerprint density at radius 1 is 0.952 bits per heavy atom. The fraction of sp³-hybridized carbons (Fsp3) is 0.562. The molecule has 5 heteroatoms. The van der Waals surface area contributed by atoms with Crippen LogP contribution >= 0.6 is 0 Å². The highest BCUT2D eigenvalue weighted by Gasteiger charge is 2.03. The summed E-state index contributed by atoms with van der Waals surface area (Å²) in [5.41, 5.74) is 4.79. The molecule has 0 aromatic rings. The predicted octanol–water partition coefficient (Wildman–Crippen LogP) is 1.06. The van der Waals surface area contributed by atoms with Crippen LogP contribution in [0.1, 0.15) is 46.5 Å². The molecular formula is C16H26N2O3. The van der Waals surface area contributed by atoms with Gasteiger partial charge in [-0.25, -0.2) is 0 Å². The number of terminal acetylenes is 2. The van der Waals surface area contributed by atoms with Crippen LogP contribution in [0, 0.1) is 24.7 Å². The van der Waals surface area contributed by atoms with Crippen LogP contribution in [0.15, 0.2) is 0 Å². The minimum absolute atomic E-state index is 0.00273. The van der Waals surface area contributed by atoms with Gasteiger partial charge >= 0.3 is 0 Å². The maximum atomic E-state index is 10.6. The number of Topliss-reactive ketones (excluding diaryl/α,β-unsaturated/α-hetero) is 2. The number of carbonyl (C=O) groups is 3. The second-order valence-electron chi connectivity index (χ2n) is 3.70. The summed E-state index contributed by atoms with van der Waals surface area (Å²) in [6.45, 7) is 6.01. The second-order valence-corrected chi connectivity index (χ2v) is 3.70. The van der Waals surface area contributed by atoms with Gasteiger partial charge in [0.15, 0.2) is 0 Å². The minimum atomic E-state index is 0.00273. The van der Waals surface area contributed by atoms with E-state index >= 15 is 0 Å². The zero-order chi connectivity index (χ0) is 17.1. The van der Waals surface area contributed by atoms with Crippen molar-refractivity contribution in [2.75, 3.05) is 13.1 Å². The highest BCUT2D eigenvalue weighted by Crippen LogP contribution is 1.92. The fourth-order valence-electron chi connectivity index (χ4n) is 0.745. The number of rotatable bonds is 6. The fourth-order valence-corrected chi connectivity index (χ4v) is 0.745. The van der Waals surface area contributed by atoms with Gasteiger partial charge in [0.1, 0.15) is 11.6 Å². The number of ketones is 2. The summed E-state index contributed by atoms with van der Waals surface area (Å²) >= 11 is 0. The molecular weight excluding hydrogens is 268 g/mol. The molecule has 0 aliphatic carbocycles. The SMILES string of the molecule is C#CCN.C#CCNC(=O)CC.CCC(=O)CC(=O)CC. The van der Waals surface area contributed by atoms with Gasteiger partial charge in [-0.2, -0.15) is 0 Å². The number of hydrogen-bond donors (Lipinski definition) is 2. The highest BCUT2D eigenvalue weighted by atomic mass is 16.2. The van der Waals surface area contributed by atoms with Crippen molar-refractivity contribution in [3.63, 3.8) is 0 Å². The van der Waals surface area contributed by atoms with Crippen molar-refractivity contribution in [2.24, 2.45) is 5.73 Å². The van der Waals surface area contributed by atoms with E-state index < -0.39 is 0 Å². The highest BCUT2D eigenvalue weighted by molar-refractivity contribution is 5.98. The first-order chi connectivity index (χ1) is 9.92. The lowest BCUT2D eigenvalue weighted by atomic mass is 10.1. The molecule has 0 rings (SSSR count). The summed E-state index contributed by atoms with van der Waals surface area (Å²) in [6, 6.07) is 0. The van der Waals surface area contributed by atoms with Gasteiger partial charge in [0.25, 0.3) is 0 Å². The standard InChI is InChI=1S/C7H12O2.C6H9NO.C3H5N/c1-3-6(8)5-7(9)4-2;1-3-5-7-6(8)4-2;1-2-3-4/h3-5H2,1-2H3;1H,4-5H2,2H3,(H,7,8);1H,3-4H2. The van der Waals surface area contributed by atoms with Crippen LogP contribution in [0.5, 0.6) is 0 Å². The molecule has 0 saturated heterocycles. The first-order valence-electron chi connectivity index (χ1n) is 6.80. The molecule has 0 heterocycles. The average molecular weight is 294 g/mol. The first-order valence-corrected chi connectivity index (χ1v) is 6.80. The normalized spacial score (nSPS) is 7.71. The molecule has 0 bridgehead atoms. The Morgan fingerprint density at radius 2 is 1.38 bits per heavy atom. The summed E-state index contributed by atoms with van der Waals surface area (Å²) in [5.74, 6) is 4.60. The van der Waals surface area contributed by atoms with Crippen molar-refractivity contribution in [3.8, 4) is 24.7 Å². The van der Waals surface area contributed by atoms with Gasteiger partial charge in [-0.1, -0.05) is 32.6 Å². The Bertz CT molecular complexity index is 362. The van der Waals surface area contributed by atoms with Gasteiger partial charge in [-0.05, 0) is 0 Å². The number of amides is 1. The maximum Gasteiger partial charge on any atom is 0.220 e. The predicted molar refractivity (Wildman–Crippen MR) is 85.2 cm³/mol. The third kappa shape index (κ3) is 27.2. The quantitative estimate of drug-likeness (QED) is 0.566. The largest absolute Gasteiger partial charge is 0.345 e. The molecule has 0 aromatic carbocycles. The van der Waals surface area contributed by atoms with E-state index in [0.29, 0.717) is 32.4 Å². The molecule has 0 aliphatic heterocycles. The molecule has 21 heavy (non-hydrogen) atoms. The van der Waals surface area contributed by atoms with E-state index in [4.69, 9.17) is 12.2 Å². The van der Waals surface area contributed by atoms with Crippen LogP contribution in [0.3, 0.4) is 0 Å². The molecule has 0 atom stereocenters. The third-order valence-corrected chi connectivity index (χ3v) is 2.01. The van der Waals surface area contributed by atoms with Crippen LogP contribution in [0.4, 0.5) is 0 Å². The Balaban J connectivity index is -0.000000249. The van der Waals surface area contributed by atoms with Crippen LogP contribution in [-0.2, 0) is 14.4 Å². The zero-order valence-corrected chi connectivity index (χ0v) is 13.2. The van der Waals surface area contributed by atoms with Crippen LogP contribution in [0.25, 0.3) is 0 Å². The van der Waals surface area contributed by atoms with Gasteiger partial charge in [-0.3, -0.25) is 14.4 Å². The van der Waals surface area contributed by atoms with Crippen LogP contribution < -0.4 is 11.1 Å². The summed E-state index contributed by atoms with van der Waals surface area (Å²) in [7, 11) is 0. The molecule has 0 spiro atoms. The molecule has 5 nitrogen and oxygen atoms in total. The topological polar surface area (TPSA) is 89.3 Å². The van der Waals surface area contributed by atoms with Crippen molar-refractivity contribution in [3.05, 3.63) is 0 Å². The van der Waals surface area contributed by atoms with Crippen LogP contribution in [0.2, 0.25) is 0 Å². The van der Waals surface area contributed by atoms with Gasteiger partial charge in [0, 0.05) is 19.3 Å². The van der Waals surface area contributed by atoms with Crippen LogP contribution in [-0.4, -0.2) is 30.6 Å². The Morgan fingerprint density at radius 3 is 1.62 bits per heavy atom. The third-order valence-electron chi connectivity index (χ3n) is 2.01. The van der Waals surface area contributed by atoms with Crippen molar-refractivity contribution in [2.45, 2.75) is 46.5 Å². The smallest absolute Gasteiger partial charge is 0.220 e. The van der Waals surface area contributed by atoms with E-state index in [2.05, 4.69) is 23.6 Å². The Labute approximate surface area is 128 Å². The molecule has 0 radical (unpaired) electrons. The maximum absolute atomic E-state index is 10.6. The number of nitrogens with one attached hydrogen (secondary N) is 1. The summed E-state index contributed by atoms with van der Waals surface area (Å²) in [6.07, 6.45) is 11.1. The zero-order valence-electron chi connectivity index (χ0n) is 13.2. The molecule has 0 aromatic heterocycles. The molecule has 0 aliphatic rings. The lowest BCUT2D eigenvalue weighted by molar-refractivity contribution is -0.126. The molecule has 3 N–H and O–H groups in total. The van der Waals surface area contributed by atoms with Crippen molar-refractivity contribution in [1.29, 1.82) is 0 Å². The Hall–Kier alpha value is -2.11. The lowest BCUT2D eigenvalue weighted by Crippen LogP contribution is -2.21. The summed E-state index contributed by atoms with van der Waals surface area (Å²) < 4.78 is 0. The van der Waals surface area contributed by atoms with E-state index in [-0.39, 0.29) is 23.9 Å².